The molecule has 30 heavy (non-hydrogen) atoms. The highest BCUT2D eigenvalue weighted by Gasteiger charge is 2.32. The van der Waals surface area contributed by atoms with Crippen molar-refractivity contribution in [3.05, 3.63) is 59.9 Å². The van der Waals surface area contributed by atoms with Gasteiger partial charge in [-0.2, -0.15) is 4.31 Å². The summed E-state index contributed by atoms with van der Waals surface area (Å²) in [5.41, 5.74) is 0.236. The topological polar surface area (TPSA) is 82.1 Å². The highest BCUT2D eigenvalue weighted by molar-refractivity contribution is 7.89. The van der Waals surface area contributed by atoms with Crippen LogP contribution in [0.2, 0.25) is 0 Å². The molecular formula is C21H24FNO6S. The van der Waals surface area contributed by atoms with E-state index < -0.39 is 16.0 Å². The van der Waals surface area contributed by atoms with Crippen LogP contribution in [0.15, 0.2) is 53.4 Å². The first-order valence-electron chi connectivity index (χ1n) is 9.57. The largest absolute Gasteiger partial charge is 0.490 e. The molecule has 0 aliphatic carbocycles. The van der Waals surface area contributed by atoms with Crippen LogP contribution in [-0.2, 0) is 19.5 Å². The van der Waals surface area contributed by atoms with Crippen molar-refractivity contribution in [2.24, 2.45) is 0 Å². The Labute approximate surface area is 175 Å². The molecule has 0 radical (unpaired) electrons. The van der Waals surface area contributed by atoms with Crippen molar-refractivity contribution < 1.29 is 31.8 Å². The van der Waals surface area contributed by atoms with E-state index >= 15 is 0 Å². The van der Waals surface area contributed by atoms with E-state index in [9.17, 15) is 17.6 Å². The summed E-state index contributed by atoms with van der Waals surface area (Å²) >= 11 is 0. The van der Waals surface area contributed by atoms with Gasteiger partial charge in [0, 0.05) is 13.1 Å². The number of rotatable bonds is 7. The van der Waals surface area contributed by atoms with Gasteiger partial charge < -0.3 is 14.2 Å². The van der Waals surface area contributed by atoms with Crippen LogP contribution in [-0.4, -0.2) is 57.2 Å². The normalized spacial score (nSPS) is 20.0. The molecule has 2 aromatic carbocycles. The number of halogens is 1. The number of ether oxygens (including phenoxy) is 3. The van der Waals surface area contributed by atoms with Crippen LogP contribution in [0.3, 0.4) is 0 Å². The Morgan fingerprint density at radius 3 is 2.23 bits per heavy atom. The molecule has 1 saturated heterocycles. The Bertz CT molecular complexity index is 952. The highest BCUT2D eigenvalue weighted by atomic mass is 32.2. The zero-order valence-electron chi connectivity index (χ0n) is 16.8. The van der Waals surface area contributed by atoms with Crippen LogP contribution in [0.1, 0.15) is 24.2 Å². The van der Waals surface area contributed by atoms with Crippen LogP contribution in [0.4, 0.5) is 4.39 Å². The second kappa shape index (κ2) is 9.55. The number of nitrogens with zero attached hydrogens (tertiary/aromatic N) is 1. The van der Waals surface area contributed by atoms with Gasteiger partial charge in [0.2, 0.25) is 10.0 Å². The number of hydrogen-bond acceptors (Lipinski definition) is 6. The molecule has 1 heterocycles. The maximum atomic E-state index is 12.8. The van der Waals surface area contributed by atoms with E-state index in [1.54, 1.807) is 0 Å². The maximum Gasteiger partial charge on any atom is 0.338 e. The van der Waals surface area contributed by atoms with Crippen molar-refractivity contribution in [3.63, 3.8) is 0 Å². The van der Waals surface area contributed by atoms with E-state index in [4.69, 9.17) is 14.2 Å². The maximum absolute atomic E-state index is 12.8. The van der Waals surface area contributed by atoms with Crippen LogP contribution < -0.4 is 4.74 Å². The fourth-order valence-corrected chi connectivity index (χ4v) is 4.74. The predicted molar refractivity (Wildman–Crippen MR) is 107 cm³/mol. The summed E-state index contributed by atoms with van der Waals surface area (Å²) in [6.45, 7) is 4.33. The number of morpholine rings is 1. The second-order valence-corrected chi connectivity index (χ2v) is 8.98. The lowest BCUT2D eigenvalue weighted by molar-refractivity contribution is -0.0440. The number of benzene rings is 2. The minimum Gasteiger partial charge on any atom is -0.490 e. The summed E-state index contributed by atoms with van der Waals surface area (Å²) in [4.78, 5) is 12.3. The first kappa shape index (κ1) is 22.2. The first-order chi connectivity index (χ1) is 14.3. The number of carbonyl (C=O) groups is 1. The molecule has 1 aliphatic rings. The quantitative estimate of drug-likeness (QED) is 0.489. The molecule has 0 saturated carbocycles. The van der Waals surface area contributed by atoms with Gasteiger partial charge in [-0.1, -0.05) is 0 Å². The third-order valence-corrected chi connectivity index (χ3v) is 6.36. The second-order valence-electron chi connectivity index (χ2n) is 7.04. The summed E-state index contributed by atoms with van der Waals surface area (Å²) in [7, 11) is -3.67. The average molecular weight is 437 g/mol. The van der Waals surface area contributed by atoms with Gasteiger partial charge in [-0.05, 0) is 62.4 Å². The van der Waals surface area contributed by atoms with Crippen LogP contribution in [0.25, 0.3) is 0 Å². The minimum atomic E-state index is -3.67. The van der Waals surface area contributed by atoms with Gasteiger partial charge in [-0.3, -0.25) is 0 Å². The zero-order chi connectivity index (χ0) is 21.7. The molecule has 0 bridgehead atoms. The van der Waals surface area contributed by atoms with Crippen LogP contribution in [0, 0.1) is 5.82 Å². The SMILES string of the molecule is CC1CN(S(=O)(=O)c2ccc(C(=O)OCCOc3ccc(F)cc3)cc2)CC(C)O1. The lowest BCUT2D eigenvalue weighted by atomic mass is 10.2. The van der Waals surface area contributed by atoms with Crippen molar-refractivity contribution >= 4 is 16.0 Å². The summed E-state index contributed by atoms with van der Waals surface area (Å²) in [5, 5.41) is 0. The molecule has 3 rings (SSSR count). The van der Waals surface area contributed by atoms with E-state index in [1.807, 2.05) is 13.8 Å². The Kier molecular flexibility index (Phi) is 7.06. The Hall–Kier alpha value is -2.49. The molecule has 0 spiro atoms. The number of hydrogen-bond donors (Lipinski definition) is 0. The van der Waals surface area contributed by atoms with Gasteiger partial charge in [0.05, 0.1) is 22.7 Å². The molecule has 162 valence electrons. The molecule has 2 unspecified atom stereocenters. The molecule has 1 fully saturated rings. The molecule has 2 atom stereocenters. The van der Waals surface area contributed by atoms with Gasteiger partial charge in [0.15, 0.2) is 0 Å². The van der Waals surface area contributed by atoms with Gasteiger partial charge in [0.25, 0.3) is 0 Å². The lowest BCUT2D eigenvalue weighted by Gasteiger charge is -2.34. The van der Waals surface area contributed by atoms with E-state index in [-0.39, 0.29) is 54.8 Å². The summed E-state index contributed by atoms with van der Waals surface area (Å²) < 4.78 is 56.0. The molecule has 0 N–H and O–H groups in total. The fourth-order valence-electron chi connectivity index (χ4n) is 3.15. The van der Waals surface area contributed by atoms with Crippen LogP contribution in [0.5, 0.6) is 5.75 Å². The van der Waals surface area contributed by atoms with Crippen molar-refractivity contribution in [2.45, 2.75) is 31.0 Å². The third kappa shape index (κ3) is 5.56. The van der Waals surface area contributed by atoms with E-state index in [2.05, 4.69) is 0 Å². The fraction of sp³-hybridized carbons (Fsp3) is 0.381. The average Bonchev–Trinajstić information content (AvgIpc) is 2.71. The van der Waals surface area contributed by atoms with Gasteiger partial charge >= 0.3 is 5.97 Å². The Morgan fingerprint density at radius 1 is 1.03 bits per heavy atom. The van der Waals surface area contributed by atoms with E-state index in [0.717, 1.165) is 0 Å². The number of esters is 1. The zero-order valence-corrected chi connectivity index (χ0v) is 17.6. The van der Waals surface area contributed by atoms with Gasteiger partial charge in [-0.15, -0.1) is 0 Å². The first-order valence-corrected chi connectivity index (χ1v) is 11.0. The van der Waals surface area contributed by atoms with Crippen molar-refractivity contribution in [1.29, 1.82) is 0 Å². The standard InChI is InChI=1S/C21H24FNO6S/c1-15-13-23(14-16(2)29-15)30(25,26)20-9-3-17(4-10-20)21(24)28-12-11-27-19-7-5-18(22)6-8-19/h3-10,15-16H,11-14H2,1-2H3. The molecule has 9 heteroatoms. The van der Waals surface area contributed by atoms with Gasteiger partial charge in [0.1, 0.15) is 24.8 Å². The van der Waals surface area contributed by atoms with Gasteiger partial charge in [-0.25, -0.2) is 17.6 Å². The Balaban J connectivity index is 1.54. The lowest BCUT2D eigenvalue weighted by Crippen LogP contribution is -2.48. The van der Waals surface area contributed by atoms with E-state index in [1.165, 1.54) is 52.8 Å². The van der Waals surface area contributed by atoms with Crippen molar-refractivity contribution in [1.82, 2.24) is 4.31 Å². The summed E-state index contributed by atoms with van der Waals surface area (Å²) in [6.07, 6.45) is -0.371. The molecule has 0 amide bonds. The molecule has 0 aromatic heterocycles. The highest BCUT2D eigenvalue weighted by Crippen LogP contribution is 2.21. The monoisotopic (exact) mass is 437 g/mol. The van der Waals surface area contributed by atoms with Crippen LogP contribution >= 0.6 is 0 Å². The predicted octanol–water partition coefficient (Wildman–Crippen LogP) is 2.86. The van der Waals surface area contributed by atoms with E-state index in [0.29, 0.717) is 5.75 Å². The molecule has 7 nitrogen and oxygen atoms in total. The Morgan fingerprint density at radius 2 is 1.63 bits per heavy atom. The molecule has 1 aliphatic heterocycles. The number of sulfonamides is 1. The van der Waals surface area contributed by atoms with Crippen molar-refractivity contribution in [3.8, 4) is 5.75 Å². The summed E-state index contributed by atoms with van der Waals surface area (Å²) in [6, 6.07) is 11.1. The molecular weight excluding hydrogens is 413 g/mol. The minimum absolute atomic E-state index is 0.000184. The molecule has 2 aromatic rings. The third-order valence-electron chi connectivity index (χ3n) is 4.51. The smallest absolute Gasteiger partial charge is 0.338 e. The summed E-state index contributed by atoms with van der Waals surface area (Å²) in [5.74, 6) is -0.485. The number of carbonyl (C=O) groups excluding carboxylic acids is 1. The van der Waals surface area contributed by atoms with Crippen molar-refractivity contribution in [2.75, 3.05) is 26.3 Å².